The Kier molecular flexibility index (Phi) is 7.90. The van der Waals surface area contributed by atoms with Gasteiger partial charge in [0.05, 0.1) is 32.5 Å². The molecule has 6 atom stereocenters. The molecule has 2 aromatic carbocycles. The first-order valence-corrected chi connectivity index (χ1v) is 14.5. The van der Waals surface area contributed by atoms with Gasteiger partial charge in [-0.25, -0.2) is 21.6 Å². The van der Waals surface area contributed by atoms with E-state index in [1.54, 1.807) is 0 Å². The SMILES string of the molecule is C[C@H]1CC2CC(S(=O)(=O)c3cc(C(=O)Nc4cc(F)c(F)c(F)c4)ccc3Cl)CC1[C@@]2(O)CC(O)C(C)(C)O. The fraction of sp³-hybridized carbons (Fsp3) is 0.519. The Hall–Kier alpha value is -2.18. The van der Waals surface area contributed by atoms with Gasteiger partial charge >= 0.3 is 0 Å². The van der Waals surface area contributed by atoms with Gasteiger partial charge in [0, 0.05) is 29.8 Å². The molecule has 2 saturated carbocycles. The Bertz CT molecular complexity index is 1380. The van der Waals surface area contributed by atoms with Crippen molar-refractivity contribution in [2.45, 2.75) is 73.9 Å². The van der Waals surface area contributed by atoms with Crippen molar-refractivity contribution in [3.63, 3.8) is 0 Å². The highest BCUT2D eigenvalue weighted by atomic mass is 35.5. The van der Waals surface area contributed by atoms with Crippen LogP contribution in [0.3, 0.4) is 0 Å². The van der Waals surface area contributed by atoms with Gasteiger partial charge in [-0.3, -0.25) is 4.79 Å². The monoisotopic (exact) mass is 589 g/mol. The molecule has 4 unspecified atom stereocenters. The van der Waals surface area contributed by atoms with Crippen LogP contribution in [0.15, 0.2) is 35.2 Å². The zero-order valence-corrected chi connectivity index (χ0v) is 23.2. The van der Waals surface area contributed by atoms with E-state index in [2.05, 4.69) is 5.32 Å². The van der Waals surface area contributed by atoms with Crippen LogP contribution in [0.1, 0.15) is 56.8 Å². The molecule has 2 fully saturated rings. The Balaban J connectivity index is 1.59. The lowest BCUT2D eigenvalue weighted by molar-refractivity contribution is -0.132. The number of aliphatic hydroxyl groups excluding tert-OH is 1. The van der Waals surface area contributed by atoms with Crippen molar-refractivity contribution in [2.75, 3.05) is 5.32 Å². The number of nitrogens with one attached hydrogen (secondary N) is 1. The van der Waals surface area contributed by atoms with Crippen LogP contribution in [0.5, 0.6) is 0 Å². The second-order valence-corrected chi connectivity index (χ2v) is 14.0. The normalized spacial score (nSPS) is 27.8. The van der Waals surface area contributed by atoms with Crippen molar-refractivity contribution in [1.29, 1.82) is 0 Å². The molecular formula is C27H31ClF3NO6S. The van der Waals surface area contributed by atoms with E-state index in [1.807, 2.05) is 6.92 Å². The van der Waals surface area contributed by atoms with Gasteiger partial charge in [0.1, 0.15) is 0 Å². The van der Waals surface area contributed by atoms with Crippen LogP contribution >= 0.6 is 11.6 Å². The number of benzene rings is 2. The number of carbonyl (C=O) groups excluding carboxylic acids is 1. The predicted octanol–water partition coefficient (Wildman–Crippen LogP) is 4.47. The summed E-state index contributed by atoms with van der Waals surface area (Å²) < 4.78 is 67.8. The molecule has 4 N–H and O–H groups in total. The molecule has 2 aliphatic rings. The summed E-state index contributed by atoms with van der Waals surface area (Å²) in [4.78, 5) is 12.5. The highest BCUT2D eigenvalue weighted by Gasteiger charge is 2.59. The fourth-order valence-corrected chi connectivity index (χ4v) is 8.43. The van der Waals surface area contributed by atoms with Gasteiger partial charge in [0.15, 0.2) is 27.3 Å². The maximum atomic E-state index is 13.8. The molecule has 12 heteroatoms. The molecule has 1 amide bonds. The molecule has 0 heterocycles. The molecule has 0 spiro atoms. The highest BCUT2D eigenvalue weighted by molar-refractivity contribution is 7.92. The first-order valence-electron chi connectivity index (χ1n) is 12.6. The number of fused-ring (bicyclic) bond motifs is 2. The topological polar surface area (TPSA) is 124 Å². The summed E-state index contributed by atoms with van der Waals surface area (Å²) in [5, 5.41) is 33.4. The summed E-state index contributed by atoms with van der Waals surface area (Å²) >= 11 is 6.25. The Morgan fingerprint density at radius 2 is 1.77 bits per heavy atom. The Morgan fingerprint density at radius 1 is 1.15 bits per heavy atom. The van der Waals surface area contributed by atoms with Gasteiger partial charge in [0.2, 0.25) is 0 Å². The largest absolute Gasteiger partial charge is 0.390 e. The second kappa shape index (κ2) is 10.3. The van der Waals surface area contributed by atoms with Crippen LogP contribution < -0.4 is 5.32 Å². The molecule has 0 aliphatic heterocycles. The van der Waals surface area contributed by atoms with Gasteiger partial charge in [-0.05, 0) is 69.1 Å². The lowest BCUT2D eigenvalue weighted by atomic mass is 9.69. The molecule has 2 aliphatic carbocycles. The standard InChI is InChI=1S/C27H31ClF3NO6S/c1-13-6-15-8-17(11-18(13)27(15,36)12-23(33)26(2,3)35)39(37,38)22-7-14(4-5-19(22)28)25(34)32-16-9-20(29)24(31)21(30)10-16/h4-5,7,9-10,13,15,17-18,23,33,35-36H,6,8,11-12H2,1-3H3,(H,32,34)/t13-,15?,17?,18?,23?,27+/m0/s1. The Labute approximate surface area is 229 Å². The van der Waals surface area contributed by atoms with Crippen LogP contribution in [0.2, 0.25) is 5.02 Å². The molecule has 2 bridgehead atoms. The number of hydrogen-bond donors (Lipinski definition) is 4. The van der Waals surface area contributed by atoms with Crippen molar-refractivity contribution in [3.8, 4) is 0 Å². The van der Waals surface area contributed by atoms with Gasteiger partial charge in [-0.15, -0.1) is 0 Å². The lowest BCUT2D eigenvalue weighted by Gasteiger charge is -2.45. The first kappa shape index (κ1) is 29.8. The van der Waals surface area contributed by atoms with Crippen molar-refractivity contribution in [1.82, 2.24) is 0 Å². The summed E-state index contributed by atoms with van der Waals surface area (Å²) in [5.41, 5.74) is -3.31. The third-order valence-electron chi connectivity index (χ3n) is 8.27. The van der Waals surface area contributed by atoms with Gasteiger partial charge < -0.3 is 20.6 Å². The molecule has 2 aromatic rings. The third-order valence-corrected chi connectivity index (χ3v) is 10.9. The summed E-state index contributed by atoms with van der Waals surface area (Å²) in [7, 11) is -4.10. The van der Waals surface area contributed by atoms with Crippen LogP contribution in [0, 0.1) is 35.2 Å². The maximum absolute atomic E-state index is 13.8. The van der Waals surface area contributed by atoms with Crippen molar-refractivity contribution < 1.29 is 41.7 Å². The molecule has 4 rings (SSSR count). The van der Waals surface area contributed by atoms with Crippen LogP contribution in [0.4, 0.5) is 18.9 Å². The van der Waals surface area contributed by atoms with E-state index in [9.17, 15) is 41.7 Å². The quantitative estimate of drug-likeness (QED) is 0.353. The average Bonchev–Trinajstić information content (AvgIpc) is 2.95. The summed E-state index contributed by atoms with van der Waals surface area (Å²) in [6, 6.07) is 4.74. The van der Waals surface area contributed by atoms with Crippen molar-refractivity contribution in [3.05, 3.63) is 58.4 Å². The number of amides is 1. The average molecular weight is 590 g/mol. The summed E-state index contributed by atoms with van der Waals surface area (Å²) in [6.07, 6.45) is -0.565. The third kappa shape index (κ3) is 5.56. The van der Waals surface area contributed by atoms with Crippen LogP contribution in [-0.2, 0) is 9.84 Å². The zero-order valence-electron chi connectivity index (χ0n) is 21.6. The van der Waals surface area contributed by atoms with Gasteiger partial charge in [0.25, 0.3) is 5.91 Å². The van der Waals surface area contributed by atoms with E-state index >= 15 is 0 Å². The number of sulfone groups is 1. The number of aliphatic hydroxyl groups is 3. The van der Waals surface area contributed by atoms with E-state index < -0.39 is 67.6 Å². The van der Waals surface area contributed by atoms with Gasteiger partial charge in [-0.2, -0.15) is 0 Å². The van der Waals surface area contributed by atoms with E-state index in [4.69, 9.17) is 11.6 Å². The van der Waals surface area contributed by atoms with Crippen LogP contribution in [0.25, 0.3) is 0 Å². The summed E-state index contributed by atoms with van der Waals surface area (Å²) in [5.74, 6) is -6.51. The molecule has 0 saturated heterocycles. The molecule has 7 nitrogen and oxygen atoms in total. The van der Waals surface area contributed by atoms with E-state index in [0.717, 1.165) is 6.07 Å². The van der Waals surface area contributed by atoms with E-state index in [1.165, 1.54) is 26.0 Å². The summed E-state index contributed by atoms with van der Waals surface area (Å²) in [6.45, 7) is 4.80. The van der Waals surface area contributed by atoms with Crippen molar-refractivity contribution >= 4 is 33.0 Å². The number of anilines is 1. The maximum Gasteiger partial charge on any atom is 0.255 e. The molecule has 39 heavy (non-hydrogen) atoms. The second-order valence-electron chi connectivity index (χ2n) is 11.4. The molecule has 214 valence electrons. The minimum atomic E-state index is -4.10. The van der Waals surface area contributed by atoms with Crippen molar-refractivity contribution in [2.24, 2.45) is 17.8 Å². The lowest BCUT2D eigenvalue weighted by Crippen LogP contribution is -2.53. The first-order chi connectivity index (χ1) is 17.9. The minimum Gasteiger partial charge on any atom is -0.390 e. The smallest absolute Gasteiger partial charge is 0.255 e. The number of hydrogen-bond acceptors (Lipinski definition) is 6. The number of rotatable bonds is 7. The predicted molar refractivity (Wildman–Crippen MR) is 139 cm³/mol. The van der Waals surface area contributed by atoms with Crippen LogP contribution in [-0.4, -0.2) is 52.2 Å². The Morgan fingerprint density at radius 3 is 2.33 bits per heavy atom. The fourth-order valence-electron chi connectivity index (χ4n) is 6.05. The minimum absolute atomic E-state index is 0.0294. The highest BCUT2D eigenvalue weighted by Crippen LogP contribution is 2.56. The van der Waals surface area contributed by atoms with E-state index in [0.29, 0.717) is 18.6 Å². The zero-order chi connectivity index (χ0) is 29.1. The number of halogens is 4. The molecule has 0 aromatic heterocycles. The molecular weight excluding hydrogens is 559 g/mol. The number of carbonyl (C=O) groups is 1. The van der Waals surface area contributed by atoms with Gasteiger partial charge in [-0.1, -0.05) is 18.5 Å². The molecule has 0 radical (unpaired) electrons. The van der Waals surface area contributed by atoms with E-state index in [-0.39, 0.29) is 46.3 Å².